The summed E-state index contributed by atoms with van der Waals surface area (Å²) in [6, 6.07) is 39.4. The zero-order valence-corrected chi connectivity index (χ0v) is 15.4. The molecule has 0 unspecified atom stereocenters. The van der Waals surface area contributed by atoms with E-state index in [4.69, 9.17) is 0 Å². The van der Waals surface area contributed by atoms with Crippen LogP contribution in [0, 0.1) is 0 Å². The summed E-state index contributed by atoms with van der Waals surface area (Å²) >= 11 is 0. The number of fused-ring (bicyclic) bond motifs is 3. The molecule has 0 nitrogen and oxygen atoms in total. The molecule has 0 fully saturated rings. The van der Waals surface area contributed by atoms with Crippen LogP contribution in [0.25, 0.3) is 55.3 Å². The van der Waals surface area contributed by atoms with Crippen molar-refractivity contribution >= 4 is 10.8 Å². The maximum absolute atomic E-state index is 2.37. The molecule has 0 N–H and O–H groups in total. The standard InChI is InChI=1S/C28H18/c1-3-10-19(11-4-1)25-18-21-14-9-17-23-22-15-7-8-16-24(22)28(27(21)23)26(25)20-12-5-2-6-13-20/h1-18H. The molecule has 130 valence electrons. The third-order valence-electron chi connectivity index (χ3n) is 5.80. The van der Waals surface area contributed by atoms with Crippen molar-refractivity contribution in [2.75, 3.05) is 0 Å². The minimum atomic E-state index is 1.26. The Hall–Kier alpha value is -3.64. The molecule has 1 aliphatic carbocycles. The fourth-order valence-electron chi connectivity index (χ4n) is 4.64. The van der Waals surface area contributed by atoms with Gasteiger partial charge in [0.15, 0.2) is 0 Å². The Labute approximate surface area is 164 Å². The molecule has 0 saturated carbocycles. The molecule has 28 heavy (non-hydrogen) atoms. The molecular weight excluding hydrogens is 336 g/mol. The van der Waals surface area contributed by atoms with E-state index in [-0.39, 0.29) is 0 Å². The molecule has 0 radical (unpaired) electrons. The number of benzene rings is 5. The van der Waals surface area contributed by atoms with Crippen LogP contribution in [0.2, 0.25) is 0 Å². The highest BCUT2D eigenvalue weighted by Crippen LogP contribution is 2.53. The lowest BCUT2D eigenvalue weighted by Crippen LogP contribution is -1.90. The van der Waals surface area contributed by atoms with Gasteiger partial charge in [-0.25, -0.2) is 0 Å². The van der Waals surface area contributed by atoms with Crippen molar-refractivity contribution in [3.63, 3.8) is 0 Å². The van der Waals surface area contributed by atoms with Gasteiger partial charge in [-0.05, 0) is 61.3 Å². The molecule has 1 aliphatic rings. The largest absolute Gasteiger partial charge is 0.0622 e. The van der Waals surface area contributed by atoms with E-state index in [0.717, 1.165) is 0 Å². The van der Waals surface area contributed by atoms with Gasteiger partial charge in [0.1, 0.15) is 0 Å². The predicted molar refractivity (Wildman–Crippen MR) is 119 cm³/mol. The minimum Gasteiger partial charge on any atom is -0.0622 e. The van der Waals surface area contributed by atoms with Gasteiger partial charge in [0.05, 0.1) is 0 Å². The number of hydrogen-bond donors (Lipinski definition) is 0. The highest BCUT2D eigenvalue weighted by atomic mass is 14.3. The first kappa shape index (κ1) is 15.4. The van der Waals surface area contributed by atoms with E-state index in [1.807, 2.05) is 0 Å². The molecular formula is C28H18. The van der Waals surface area contributed by atoms with Crippen LogP contribution in [0.15, 0.2) is 109 Å². The summed E-state index contributed by atoms with van der Waals surface area (Å²) in [5, 5.41) is 2.68. The summed E-state index contributed by atoms with van der Waals surface area (Å²) in [5.74, 6) is 0. The van der Waals surface area contributed by atoms with E-state index in [0.29, 0.717) is 0 Å². The van der Waals surface area contributed by atoms with Crippen LogP contribution in [0.5, 0.6) is 0 Å². The molecule has 0 saturated heterocycles. The highest BCUT2D eigenvalue weighted by molar-refractivity contribution is 6.21. The van der Waals surface area contributed by atoms with Gasteiger partial charge in [0.25, 0.3) is 0 Å². The van der Waals surface area contributed by atoms with Crippen molar-refractivity contribution in [1.82, 2.24) is 0 Å². The summed E-state index contributed by atoms with van der Waals surface area (Å²) < 4.78 is 0. The molecule has 0 bridgehead atoms. The lowest BCUT2D eigenvalue weighted by atomic mass is 9.86. The van der Waals surface area contributed by atoms with Crippen LogP contribution in [-0.4, -0.2) is 0 Å². The topological polar surface area (TPSA) is 0 Å². The average Bonchev–Trinajstić information content (AvgIpc) is 3.11. The van der Waals surface area contributed by atoms with E-state index in [1.54, 1.807) is 0 Å². The molecule has 5 aromatic rings. The molecule has 0 atom stereocenters. The van der Waals surface area contributed by atoms with E-state index < -0.39 is 0 Å². The summed E-state index contributed by atoms with van der Waals surface area (Å²) in [6.45, 7) is 0. The zero-order chi connectivity index (χ0) is 18.5. The lowest BCUT2D eigenvalue weighted by Gasteiger charge is -2.17. The van der Waals surface area contributed by atoms with E-state index in [9.17, 15) is 0 Å². The average molecular weight is 354 g/mol. The number of hydrogen-bond acceptors (Lipinski definition) is 0. The third kappa shape index (κ3) is 2.12. The quantitative estimate of drug-likeness (QED) is 0.297. The van der Waals surface area contributed by atoms with Gasteiger partial charge in [0, 0.05) is 0 Å². The first-order valence-corrected chi connectivity index (χ1v) is 9.72. The van der Waals surface area contributed by atoms with Gasteiger partial charge in [-0.3, -0.25) is 0 Å². The molecule has 0 aromatic heterocycles. The zero-order valence-electron chi connectivity index (χ0n) is 15.4. The predicted octanol–water partition coefficient (Wildman–Crippen LogP) is 7.82. The normalized spacial score (nSPS) is 11.6. The summed E-state index contributed by atoms with van der Waals surface area (Å²) in [4.78, 5) is 0. The van der Waals surface area contributed by atoms with Crippen molar-refractivity contribution in [3.05, 3.63) is 109 Å². The first-order valence-electron chi connectivity index (χ1n) is 9.72. The van der Waals surface area contributed by atoms with Gasteiger partial charge in [-0.1, -0.05) is 103 Å². The van der Waals surface area contributed by atoms with Gasteiger partial charge in [-0.2, -0.15) is 0 Å². The SMILES string of the molecule is c1ccc(-c2cc3cccc4c3c(c2-c2ccccc2)-c2ccccc2-4)cc1. The van der Waals surface area contributed by atoms with Crippen LogP contribution in [0.3, 0.4) is 0 Å². The molecule has 0 amide bonds. The Bertz CT molecular complexity index is 1330. The summed E-state index contributed by atoms with van der Waals surface area (Å²) in [5.41, 5.74) is 10.5. The van der Waals surface area contributed by atoms with Gasteiger partial charge in [-0.15, -0.1) is 0 Å². The van der Waals surface area contributed by atoms with E-state index in [1.165, 1.54) is 55.3 Å². The lowest BCUT2D eigenvalue weighted by molar-refractivity contribution is 1.60. The Kier molecular flexibility index (Phi) is 3.27. The molecule has 0 heterocycles. The second-order valence-corrected chi connectivity index (χ2v) is 7.36. The van der Waals surface area contributed by atoms with Gasteiger partial charge >= 0.3 is 0 Å². The highest BCUT2D eigenvalue weighted by Gasteiger charge is 2.26. The number of rotatable bonds is 2. The van der Waals surface area contributed by atoms with Crippen LogP contribution in [0.1, 0.15) is 0 Å². The maximum Gasteiger partial charge on any atom is -0.000808 e. The monoisotopic (exact) mass is 354 g/mol. The molecule has 0 aliphatic heterocycles. The van der Waals surface area contributed by atoms with Crippen LogP contribution in [0.4, 0.5) is 0 Å². The third-order valence-corrected chi connectivity index (χ3v) is 5.80. The van der Waals surface area contributed by atoms with E-state index >= 15 is 0 Å². The van der Waals surface area contributed by atoms with Crippen molar-refractivity contribution in [1.29, 1.82) is 0 Å². The first-order chi connectivity index (χ1) is 13.9. The second-order valence-electron chi connectivity index (χ2n) is 7.36. The maximum atomic E-state index is 2.37. The second kappa shape index (κ2) is 5.94. The Morgan fingerprint density at radius 1 is 0.357 bits per heavy atom. The summed E-state index contributed by atoms with van der Waals surface area (Å²) in [7, 11) is 0. The van der Waals surface area contributed by atoms with Crippen LogP contribution in [-0.2, 0) is 0 Å². The smallest absolute Gasteiger partial charge is 0.000808 e. The molecule has 0 spiro atoms. The van der Waals surface area contributed by atoms with Crippen molar-refractivity contribution < 1.29 is 0 Å². The Morgan fingerprint density at radius 3 is 1.71 bits per heavy atom. The fraction of sp³-hybridized carbons (Fsp3) is 0. The van der Waals surface area contributed by atoms with Crippen LogP contribution >= 0.6 is 0 Å². The molecule has 5 aromatic carbocycles. The molecule has 6 rings (SSSR count). The molecule has 0 heteroatoms. The van der Waals surface area contributed by atoms with Crippen molar-refractivity contribution in [2.24, 2.45) is 0 Å². The fourth-order valence-corrected chi connectivity index (χ4v) is 4.64. The van der Waals surface area contributed by atoms with Crippen molar-refractivity contribution in [2.45, 2.75) is 0 Å². The van der Waals surface area contributed by atoms with Gasteiger partial charge in [0.2, 0.25) is 0 Å². The Balaban J connectivity index is 1.84. The van der Waals surface area contributed by atoms with Crippen LogP contribution < -0.4 is 0 Å². The van der Waals surface area contributed by atoms with E-state index in [2.05, 4.69) is 109 Å². The van der Waals surface area contributed by atoms with Gasteiger partial charge < -0.3 is 0 Å². The minimum absolute atomic E-state index is 1.26. The Morgan fingerprint density at radius 2 is 0.964 bits per heavy atom. The van der Waals surface area contributed by atoms with Crippen molar-refractivity contribution in [3.8, 4) is 44.5 Å². The summed E-state index contributed by atoms with van der Waals surface area (Å²) in [6.07, 6.45) is 0.